The van der Waals surface area contributed by atoms with E-state index in [0.717, 1.165) is 47.5 Å². The molecule has 32 heavy (non-hydrogen) atoms. The van der Waals surface area contributed by atoms with Gasteiger partial charge < -0.3 is 15.2 Å². The molecule has 3 aromatic rings. The number of aromatic nitrogens is 2. The maximum absolute atomic E-state index is 10.2. The van der Waals surface area contributed by atoms with Crippen LogP contribution in [0.5, 0.6) is 0 Å². The lowest BCUT2D eigenvalue weighted by Crippen LogP contribution is -2.20. The van der Waals surface area contributed by atoms with E-state index in [2.05, 4.69) is 65.1 Å². The highest BCUT2D eigenvalue weighted by molar-refractivity contribution is 5.88. The summed E-state index contributed by atoms with van der Waals surface area (Å²) in [7, 11) is 2.07. The molecule has 0 saturated heterocycles. The minimum atomic E-state index is -0.0118. The van der Waals surface area contributed by atoms with Crippen molar-refractivity contribution >= 4 is 16.7 Å². The van der Waals surface area contributed by atoms with Gasteiger partial charge in [-0.05, 0) is 43.0 Å². The van der Waals surface area contributed by atoms with Crippen LogP contribution in [0.1, 0.15) is 48.0 Å². The summed E-state index contributed by atoms with van der Waals surface area (Å²) in [6.07, 6.45) is 15.4. The number of allylic oxidation sites excluding steroid dienone is 5. The van der Waals surface area contributed by atoms with Crippen molar-refractivity contribution in [3.8, 4) is 6.07 Å². The maximum Gasteiger partial charge on any atom is 0.141 e. The number of anilines is 1. The van der Waals surface area contributed by atoms with Crippen LogP contribution >= 0.6 is 0 Å². The van der Waals surface area contributed by atoms with E-state index in [0.29, 0.717) is 11.6 Å². The SMILES string of the molecule is CN(Cc1ccccc1)c1cnc2c(c1)c(C#N)c(C1C=CC=C(N)C=C1)n2C1CCC1. The monoisotopic (exact) mass is 421 g/mol. The van der Waals surface area contributed by atoms with E-state index in [1.54, 1.807) is 0 Å². The van der Waals surface area contributed by atoms with Crippen LogP contribution in [-0.2, 0) is 6.54 Å². The van der Waals surface area contributed by atoms with E-state index >= 15 is 0 Å². The predicted molar refractivity (Wildman–Crippen MR) is 129 cm³/mol. The molecule has 2 heterocycles. The standard InChI is InChI=1S/C27H27N5/c1-31(18-19-7-3-2-4-8-19)23-15-24-25(16-28)26(20-9-5-10-21(29)14-13-20)32(22-11-6-12-22)27(24)30-17-23/h2-5,7-10,13-15,17,20,22H,6,11-12,18,29H2,1H3. The molecule has 5 nitrogen and oxygen atoms in total. The van der Waals surface area contributed by atoms with E-state index in [1.807, 2.05) is 30.5 Å². The Balaban J connectivity index is 1.62. The number of hydrogen-bond acceptors (Lipinski definition) is 4. The molecule has 5 rings (SSSR count). The van der Waals surface area contributed by atoms with Gasteiger partial charge in [-0.3, -0.25) is 0 Å². The van der Waals surface area contributed by atoms with Gasteiger partial charge in [0, 0.05) is 42.3 Å². The van der Waals surface area contributed by atoms with Gasteiger partial charge in [0.1, 0.15) is 11.7 Å². The van der Waals surface area contributed by atoms with Crippen molar-refractivity contribution in [2.45, 2.75) is 37.8 Å². The van der Waals surface area contributed by atoms with Crippen molar-refractivity contribution in [2.75, 3.05) is 11.9 Å². The van der Waals surface area contributed by atoms with Gasteiger partial charge in [0.05, 0.1) is 17.4 Å². The molecule has 160 valence electrons. The topological polar surface area (TPSA) is 70.9 Å². The number of pyridine rings is 1. The molecule has 2 aliphatic carbocycles. The first-order valence-electron chi connectivity index (χ1n) is 11.2. The summed E-state index contributed by atoms with van der Waals surface area (Å²) in [6, 6.07) is 15.4. The fourth-order valence-electron chi connectivity index (χ4n) is 4.61. The number of rotatable bonds is 5. The highest BCUT2D eigenvalue weighted by Gasteiger charge is 2.30. The van der Waals surface area contributed by atoms with E-state index in [4.69, 9.17) is 10.7 Å². The number of nitrogens with two attached hydrogens (primary N) is 1. The fraction of sp³-hybridized carbons (Fsp3) is 0.259. The average molecular weight is 422 g/mol. The molecule has 0 spiro atoms. The summed E-state index contributed by atoms with van der Waals surface area (Å²) in [6.45, 7) is 0.783. The zero-order valence-corrected chi connectivity index (χ0v) is 18.3. The summed E-state index contributed by atoms with van der Waals surface area (Å²) < 4.78 is 2.32. The molecule has 1 atom stereocenters. The zero-order valence-electron chi connectivity index (χ0n) is 18.3. The second kappa shape index (κ2) is 8.39. The molecule has 0 aliphatic heterocycles. The third kappa shape index (κ3) is 3.58. The lowest BCUT2D eigenvalue weighted by atomic mass is 9.91. The van der Waals surface area contributed by atoms with E-state index in [9.17, 15) is 5.26 Å². The first kappa shape index (κ1) is 20.1. The van der Waals surface area contributed by atoms with Crippen molar-refractivity contribution < 1.29 is 0 Å². The second-order valence-corrected chi connectivity index (χ2v) is 8.67. The maximum atomic E-state index is 10.2. The molecular formula is C27H27N5. The highest BCUT2D eigenvalue weighted by atomic mass is 15.1. The lowest BCUT2D eigenvalue weighted by Gasteiger charge is -2.30. The molecule has 0 bridgehead atoms. The third-order valence-corrected chi connectivity index (χ3v) is 6.54. The Bertz CT molecular complexity index is 1270. The van der Waals surface area contributed by atoms with Crippen LogP contribution in [0.4, 0.5) is 5.69 Å². The highest BCUT2D eigenvalue weighted by Crippen LogP contribution is 2.42. The molecule has 0 amide bonds. The summed E-state index contributed by atoms with van der Waals surface area (Å²) >= 11 is 0. The van der Waals surface area contributed by atoms with Gasteiger partial charge in [0.15, 0.2) is 0 Å². The van der Waals surface area contributed by atoms with Gasteiger partial charge in [0.2, 0.25) is 0 Å². The molecule has 1 unspecified atom stereocenters. The fourth-order valence-corrected chi connectivity index (χ4v) is 4.61. The Kier molecular flexibility index (Phi) is 5.28. The Morgan fingerprint density at radius 3 is 2.75 bits per heavy atom. The van der Waals surface area contributed by atoms with Crippen LogP contribution in [-0.4, -0.2) is 16.6 Å². The van der Waals surface area contributed by atoms with Crippen LogP contribution in [0.25, 0.3) is 11.0 Å². The second-order valence-electron chi connectivity index (χ2n) is 8.67. The van der Waals surface area contributed by atoms with Crippen LogP contribution in [0.15, 0.2) is 78.7 Å². The molecule has 5 heteroatoms. The van der Waals surface area contributed by atoms with Crippen molar-refractivity contribution in [3.05, 3.63) is 95.5 Å². The van der Waals surface area contributed by atoms with Gasteiger partial charge in [-0.15, -0.1) is 0 Å². The van der Waals surface area contributed by atoms with Crippen LogP contribution < -0.4 is 10.6 Å². The normalized spacial score (nSPS) is 18.1. The first-order chi connectivity index (χ1) is 15.7. The number of nitriles is 1. The molecule has 1 fully saturated rings. The lowest BCUT2D eigenvalue weighted by molar-refractivity contribution is 0.313. The number of nitrogens with zero attached hydrogens (tertiary/aromatic N) is 4. The van der Waals surface area contributed by atoms with Gasteiger partial charge in [-0.1, -0.05) is 48.6 Å². The number of hydrogen-bond donors (Lipinski definition) is 1. The Morgan fingerprint density at radius 2 is 2.03 bits per heavy atom. The molecule has 0 radical (unpaired) electrons. The number of benzene rings is 1. The molecule has 2 aromatic heterocycles. The third-order valence-electron chi connectivity index (χ3n) is 6.54. The molecular weight excluding hydrogens is 394 g/mol. The molecule has 1 aromatic carbocycles. The van der Waals surface area contributed by atoms with Crippen LogP contribution in [0.2, 0.25) is 0 Å². The summed E-state index contributed by atoms with van der Waals surface area (Å²) in [5, 5.41) is 11.2. The van der Waals surface area contributed by atoms with Crippen molar-refractivity contribution in [2.24, 2.45) is 5.73 Å². The van der Waals surface area contributed by atoms with E-state index in [-0.39, 0.29) is 5.92 Å². The van der Waals surface area contributed by atoms with Crippen molar-refractivity contribution in [1.82, 2.24) is 9.55 Å². The Hall–Kier alpha value is -3.78. The van der Waals surface area contributed by atoms with Gasteiger partial charge in [-0.2, -0.15) is 5.26 Å². The zero-order chi connectivity index (χ0) is 22.1. The smallest absolute Gasteiger partial charge is 0.141 e. The Morgan fingerprint density at radius 1 is 1.22 bits per heavy atom. The van der Waals surface area contributed by atoms with E-state index < -0.39 is 0 Å². The molecule has 2 aliphatic rings. The van der Waals surface area contributed by atoms with Crippen molar-refractivity contribution in [3.63, 3.8) is 0 Å². The predicted octanol–water partition coefficient (Wildman–Crippen LogP) is 5.32. The van der Waals surface area contributed by atoms with Gasteiger partial charge in [-0.25, -0.2) is 4.98 Å². The summed E-state index contributed by atoms with van der Waals surface area (Å²) in [5.74, 6) is -0.0118. The summed E-state index contributed by atoms with van der Waals surface area (Å²) in [4.78, 5) is 7.07. The number of fused-ring (bicyclic) bond motifs is 1. The van der Waals surface area contributed by atoms with Gasteiger partial charge in [0.25, 0.3) is 0 Å². The molecule has 1 saturated carbocycles. The van der Waals surface area contributed by atoms with E-state index in [1.165, 1.54) is 12.0 Å². The summed E-state index contributed by atoms with van der Waals surface area (Å²) in [5.41, 5.74) is 11.6. The largest absolute Gasteiger partial charge is 0.399 e. The Labute approximate surface area is 188 Å². The van der Waals surface area contributed by atoms with Crippen molar-refractivity contribution in [1.29, 1.82) is 5.26 Å². The molecule has 2 N–H and O–H groups in total. The first-order valence-corrected chi connectivity index (χ1v) is 11.2. The quantitative estimate of drug-likeness (QED) is 0.605. The minimum Gasteiger partial charge on any atom is -0.399 e. The van der Waals surface area contributed by atoms with Crippen LogP contribution in [0, 0.1) is 11.3 Å². The minimum absolute atomic E-state index is 0.0118. The van der Waals surface area contributed by atoms with Crippen LogP contribution in [0.3, 0.4) is 0 Å². The average Bonchev–Trinajstić information content (AvgIpc) is 2.91. The van der Waals surface area contributed by atoms with Gasteiger partial charge >= 0.3 is 0 Å².